The highest BCUT2D eigenvalue weighted by atomic mass is 32.2. The monoisotopic (exact) mass is 217 g/mol. The quantitative estimate of drug-likeness (QED) is 0.793. The molecule has 0 saturated heterocycles. The van der Waals surface area contributed by atoms with Crippen LogP contribution in [0.25, 0.3) is 0 Å². The number of hydrogen-bond donors (Lipinski definition) is 2. The molecule has 0 spiro atoms. The van der Waals surface area contributed by atoms with Crippen molar-refractivity contribution >= 4 is 17.4 Å². The molecule has 5 nitrogen and oxygen atoms in total. The fourth-order valence-electron chi connectivity index (χ4n) is 1.00. The molecule has 0 unspecified atom stereocenters. The Labute approximate surface area is 90.4 Å². The highest BCUT2D eigenvalue weighted by Gasteiger charge is 2.04. The lowest BCUT2D eigenvalue weighted by molar-refractivity contribution is 1.04. The van der Waals surface area contributed by atoms with Gasteiger partial charge in [0.2, 0.25) is 0 Å². The van der Waals surface area contributed by atoms with Gasteiger partial charge in [-0.1, -0.05) is 0 Å². The van der Waals surface area contributed by atoms with Crippen molar-refractivity contribution in [3.05, 3.63) is 30.2 Å². The number of nitrogen functional groups attached to an aromatic ring is 1. The van der Waals surface area contributed by atoms with E-state index in [-0.39, 0.29) is 5.69 Å². The molecule has 2 aromatic rings. The van der Waals surface area contributed by atoms with Gasteiger partial charge in [-0.3, -0.25) is 0 Å². The van der Waals surface area contributed by atoms with Crippen LogP contribution in [0.1, 0.15) is 5.69 Å². The molecule has 0 atom stereocenters. The van der Waals surface area contributed by atoms with Crippen LogP contribution >= 0.6 is 11.8 Å². The fourth-order valence-corrected chi connectivity index (χ4v) is 1.72. The summed E-state index contributed by atoms with van der Waals surface area (Å²) in [5.41, 5.74) is 6.19. The van der Waals surface area contributed by atoms with Crippen LogP contribution in [-0.4, -0.2) is 15.0 Å². The SMILES string of the molecule is N#Cc1nc(Sc2ncc[nH]2)ccc1N. The Morgan fingerprint density at radius 3 is 3.00 bits per heavy atom. The predicted molar refractivity (Wildman–Crippen MR) is 56.1 cm³/mol. The third-order valence-electron chi connectivity index (χ3n) is 1.68. The van der Waals surface area contributed by atoms with E-state index >= 15 is 0 Å². The molecule has 0 aliphatic heterocycles. The van der Waals surface area contributed by atoms with Crippen molar-refractivity contribution in [1.29, 1.82) is 5.26 Å². The minimum atomic E-state index is 0.242. The molecule has 15 heavy (non-hydrogen) atoms. The van der Waals surface area contributed by atoms with Gasteiger partial charge in [0.1, 0.15) is 11.1 Å². The van der Waals surface area contributed by atoms with Gasteiger partial charge >= 0.3 is 0 Å². The second-order valence-corrected chi connectivity index (χ2v) is 3.70. The van der Waals surface area contributed by atoms with Gasteiger partial charge in [0.25, 0.3) is 0 Å². The maximum absolute atomic E-state index is 8.74. The molecule has 0 aliphatic carbocycles. The number of nitrogens with one attached hydrogen (secondary N) is 1. The molecule has 2 aromatic heterocycles. The highest BCUT2D eigenvalue weighted by molar-refractivity contribution is 7.99. The number of nitrogens with zero attached hydrogens (tertiary/aromatic N) is 3. The van der Waals surface area contributed by atoms with Crippen LogP contribution in [0.15, 0.2) is 34.7 Å². The second-order valence-electron chi connectivity index (χ2n) is 2.70. The first-order valence-corrected chi connectivity index (χ1v) is 4.95. The minimum Gasteiger partial charge on any atom is -0.396 e. The lowest BCUT2D eigenvalue weighted by Crippen LogP contribution is -1.94. The lowest BCUT2D eigenvalue weighted by atomic mass is 10.3. The Bertz CT molecular complexity index is 500. The normalized spacial score (nSPS) is 9.80. The standard InChI is InChI=1S/C9H7N5S/c10-5-7-6(11)1-2-8(14-7)15-9-12-3-4-13-9/h1-4H,11H2,(H,12,13). The zero-order valence-electron chi connectivity index (χ0n) is 7.64. The van der Waals surface area contributed by atoms with Gasteiger partial charge in [-0.05, 0) is 23.9 Å². The maximum atomic E-state index is 8.74. The first-order chi connectivity index (χ1) is 7.29. The summed E-state index contributed by atoms with van der Waals surface area (Å²) < 4.78 is 0. The number of aromatic amines is 1. The van der Waals surface area contributed by atoms with Crippen LogP contribution in [0, 0.1) is 11.3 Å². The predicted octanol–water partition coefficient (Wildman–Crippen LogP) is 1.41. The van der Waals surface area contributed by atoms with Gasteiger partial charge in [-0.25, -0.2) is 9.97 Å². The van der Waals surface area contributed by atoms with Gasteiger partial charge in [0.05, 0.1) is 5.69 Å². The molecule has 0 bridgehead atoms. The van der Waals surface area contributed by atoms with Crippen molar-refractivity contribution < 1.29 is 0 Å². The number of pyridine rings is 1. The molecule has 2 heterocycles. The van der Waals surface area contributed by atoms with Gasteiger partial charge in [0, 0.05) is 12.4 Å². The molecule has 0 aliphatic rings. The van der Waals surface area contributed by atoms with Crippen molar-refractivity contribution in [2.75, 3.05) is 5.73 Å². The highest BCUT2D eigenvalue weighted by Crippen LogP contribution is 2.23. The number of nitrogens with two attached hydrogens (primary N) is 1. The molecule has 6 heteroatoms. The van der Waals surface area contributed by atoms with Crippen LogP contribution in [0.4, 0.5) is 5.69 Å². The van der Waals surface area contributed by atoms with Crippen LogP contribution in [0.2, 0.25) is 0 Å². The zero-order valence-corrected chi connectivity index (χ0v) is 8.45. The number of H-pyrrole nitrogens is 1. The average molecular weight is 217 g/mol. The molecule has 0 aromatic carbocycles. The minimum absolute atomic E-state index is 0.242. The number of anilines is 1. The fraction of sp³-hybridized carbons (Fsp3) is 0. The van der Waals surface area contributed by atoms with E-state index in [0.29, 0.717) is 10.7 Å². The van der Waals surface area contributed by atoms with E-state index in [9.17, 15) is 0 Å². The number of rotatable bonds is 2. The van der Waals surface area contributed by atoms with Crippen molar-refractivity contribution in [3.8, 4) is 6.07 Å². The Morgan fingerprint density at radius 2 is 2.33 bits per heavy atom. The number of aromatic nitrogens is 3. The molecule has 0 fully saturated rings. The van der Waals surface area contributed by atoms with Gasteiger partial charge < -0.3 is 10.7 Å². The van der Waals surface area contributed by atoms with E-state index in [0.717, 1.165) is 5.16 Å². The van der Waals surface area contributed by atoms with E-state index in [1.807, 2.05) is 6.07 Å². The van der Waals surface area contributed by atoms with Crippen molar-refractivity contribution in [1.82, 2.24) is 15.0 Å². The number of hydrogen-bond acceptors (Lipinski definition) is 5. The molecular weight excluding hydrogens is 210 g/mol. The largest absolute Gasteiger partial charge is 0.396 e. The van der Waals surface area contributed by atoms with Crippen LogP contribution < -0.4 is 5.73 Å². The molecule has 0 amide bonds. The van der Waals surface area contributed by atoms with E-state index in [4.69, 9.17) is 11.0 Å². The van der Waals surface area contributed by atoms with E-state index in [2.05, 4.69) is 15.0 Å². The first kappa shape index (κ1) is 9.55. The molecule has 0 saturated carbocycles. The number of nitriles is 1. The lowest BCUT2D eigenvalue weighted by Gasteiger charge is -1.99. The molecule has 74 valence electrons. The molecular formula is C9H7N5S. The summed E-state index contributed by atoms with van der Waals surface area (Å²) in [6, 6.07) is 5.35. The van der Waals surface area contributed by atoms with Crippen LogP contribution in [0.3, 0.4) is 0 Å². The Morgan fingerprint density at radius 1 is 1.47 bits per heavy atom. The summed E-state index contributed by atoms with van der Waals surface area (Å²) in [6.45, 7) is 0. The summed E-state index contributed by atoms with van der Waals surface area (Å²) in [5, 5.41) is 10.2. The van der Waals surface area contributed by atoms with Gasteiger partial charge in [-0.15, -0.1) is 0 Å². The molecule has 3 N–H and O–H groups in total. The van der Waals surface area contributed by atoms with E-state index < -0.39 is 0 Å². The van der Waals surface area contributed by atoms with Crippen molar-refractivity contribution in [2.24, 2.45) is 0 Å². The third-order valence-corrected chi connectivity index (χ3v) is 2.53. The third kappa shape index (κ3) is 2.08. The summed E-state index contributed by atoms with van der Waals surface area (Å²) in [7, 11) is 0. The maximum Gasteiger partial charge on any atom is 0.171 e. The van der Waals surface area contributed by atoms with E-state index in [1.54, 1.807) is 24.5 Å². The molecule has 0 radical (unpaired) electrons. The van der Waals surface area contributed by atoms with Crippen LogP contribution in [0.5, 0.6) is 0 Å². The summed E-state index contributed by atoms with van der Waals surface area (Å²) in [6.07, 6.45) is 3.38. The Hall–Kier alpha value is -2.00. The summed E-state index contributed by atoms with van der Waals surface area (Å²) >= 11 is 1.35. The summed E-state index contributed by atoms with van der Waals surface area (Å²) in [4.78, 5) is 11.1. The Balaban J connectivity index is 2.27. The second kappa shape index (κ2) is 4.02. The van der Waals surface area contributed by atoms with Crippen molar-refractivity contribution in [2.45, 2.75) is 10.2 Å². The van der Waals surface area contributed by atoms with Crippen LogP contribution in [-0.2, 0) is 0 Å². The van der Waals surface area contributed by atoms with Gasteiger partial charge in [-0.2, -0.15) is 5.26 Å². The topological polar surface area (TPSA) is 91.4 Å². The van der Waals surface area contributed by atoms with Crippen molar-refractivity contribution in [3.63, 3.8) is 0 Å². The smallest absolute Gasteiger partial charge is 0.171 e. The zero-order chi connectivity index (χ0) is 10.7. The first-order valence-electron chi connectivity index (χ1n) is 4.13. The average Bonchev–Trinajstić information content (AvgIpc) is 2.73. The van der Waals surface area contributed by atoms with Gasteiger partial charge in [0.15, 0.2) is 10.9 Å². The Kier molecular flexibility index (Phi) is 2.56. The molecule has 2 rings (SSSR count). The summed E-state index contributed by atoms with van der Waals surface area (Å²) in [5.74, 6) is 0. The number of imidazole rings is 1. The van der Waals surface area contributed by atoms with E-state index in [1.165, 1.54) is 11.8 Å².